The zero-order chi connectivity index (χ0) is 13.9. The maximum atomic E-state index is 11.6. The van der Waals surface area contributed by atoms with Crippen LogP contribution in [0.4, 0.5) is 0 Å². The molecule has 0 amide bonds. The molecule has 0 saturated heterocycles. The standard InChI is InChI=1S/C14H12N4O2/c19-14(20)12(6-10-4-2-1-3-5-10)18-9-17-11-7-15-8-16-13(11)18/h1-5,7-9,12H,6H2,(H,19,20). The van der Waals surface area contributed by atoms with Gasteiger partial charge < -0.3 is 9.67 Å². The van der Waals surface area contributed by atoms with Gasteiger partial charge in [-0.1, -0.05) is 30.3 Å². The largest absolute Gasteiger partial charge is 0.480 e. The molecule has 0 aliphatic carbocycles. The predicted octanol–water partition coefficient (Wildman–Crippen LogP) is 1.69. The van der Waals surface area contributed by atoms with Crippen LogP contribution in [0.1, 0.15) is 11.6 Å². The van der Waals surface area contributed by atoms with Gasteiger partial charge in [-0.15, -0.1) is 0 Å². The molecule has 100 valence electrons. The summed E-state index contributed by atoms with van der Waals surface area (Å²) in [7, 11) is 0. The highest BCUT2D eigenvalue weighted by molar-refractivity contribution is 5.77. The lowest BCUT2D eigenvalue weighted by molar-refractivity contribution is -0.140. The van der Waals surface area contributed by atoms with E-state index in [1.807, 2.05) is 30.3 Å². The molecule has 0 bridgehead atoms. The van der Waals surface area contributed by atoms with Crippen molar-refractivity contribution in [2.24, 2.45) is 0 Å². The lowest BCUT2D eigenvalue weighted by Gasteiger charge is -2.14. The van der Waals surface area contributed by atoms with Crippen molar-refractivity contribution in [1.29, 1.82) is 0 Å². The number of hydrogen-bond acceptors (Lipinski definition) is 4. The highest BCUT2D eigenvalue weighted by atomic mass is 16.4. The molecule has 3 rings (SSSR count). The van der Waals surface area contributed by atoms with E-state index < -0.39 is 12.0 Å². The fourth-order valence-corrected chi connectivity index (χ4v) is 2.15. The minimum Gasteiger partial charge on any atom is -0.480 e. The molecular formula is C14H12N4O2. The summed E-state index contributed by atoms with van der Waals surface area (Å²) in [6, 6.07) is 8.76. The molecule has 3 aromatic rings. The molecule has 1 aromatic carbocycles. The SMILES string of the molecule is O=C(O)C(Cc1ccccc1)n1cnc2cncnc21. The molecular weight excluding hydrogens is 256 g/mol. The first-order valence-corrected chi connectivity index (χ1v) is 6.15. The molecule has 6 heteroatoms. The molecule has 0 saturated carbocycles. The van der Waals surface area contributed by atoms with Gasteiger partial charge in [0.25, 0.3) is 0 Å². The number of fused-ring (bicyclic) bond motifs is 1. The second-order valence-corrected chi connectivity index (χ2v) is 4.43. The van der Waals surface area contributed by atoms with E-state index in [4.69, 9.17) is 0 Å². The van der Waals surface area contributed by atoms with Gasteiger partial charge in [0.2, 0.25) is 0 Å². The first-order valence-electron chi connectivity index (χ1n) is 6.15. The van der Waals surface area contributed by atoms with Crippen LogP contribution in [0.2, 0.25) is 0 Å². The number of aromatic nitrogens is 4. The van der Waals surface area contributed by atoms with E-state index in [1.165, 1.54) is 12.7 Å². The van der Waals surface area contributed by atoms with E-state index in [0.29, 0.717) is 17.6 Å². The molecule has 2 heterocycles. The monoisotopic (exact) mass is 268 g/mol. The molecule has 6 nitrogen and oxygen atoms in total. The van der Waals surface area contributed by atoms with E-state index >= 15 is 0 Å². The zero-order valence-electron chi connectivity index (χ0n) is 10.5. The quantitative estimate of drug-likeness (QED) is 0.778. The summed E-state index contributed by atoms with van der Waals surface area (Å²) >= 11 is 0. The fraction of sp³-hybridized carbons (Fsp3) is 0.143. The molecule has 0 aliphatic heterocycles. The van der Waals surface area contributed by atoms with Crippen molar-refractivity contribution in [2.75, 3.05) is 0 Å². The molecule has 20 heavy (non-hydrogen) atoms. The summed E-state index contributed by atoms with van der Waals surface area (Å²) in [4.78, 5) is 23.7. The van der Waals surface area contributed by atoms with Crippen LogP contribution < -0.4 is 0 Å². The van der Waals surface area contributed by atoms with Gasteiger partial charge in [-0.05, 0) is 5.56 Å². The highest BCUT2D eigenvalue weighted by Crippen LogP contribution is 2.19. The fourth-order valence-electron chi connectivity index (χ4n) is 2.15. The molecule has 0 radical (unpaired) electrons. The zero-order valence-corrected chi connectivity index (χ0v) is 10.5. The van der Waals surface area contributed by atoms with Gasteiger partial charge in [-0.25, -0.2) is 19.7 Å². The Labute approximate surface area is 114 Å². The van der Waals surface area contributed by atoms with Crippen molar-refractivity contribution in [1.82, 2.24) is 19.5 Å². The number of nitrogens with zero attached hydrogens (tertiary/aromatic N) is 4. The number of carboxylic acids is 1. The van der Waals surface area contributed by atoms with Gasteiger partial charge in [0, 0.05) is 6.42 Å². The number of benzene rings is 1. The Kier molecular flexibility index (Phi) is 3.12. The van der Waals surface area contributed by atoms with Crippen LogP contribution in [-0.4, -0.2) is 30.6 Å². The Morgan fingerprint density at radius 1 is 1.25 bits per heavy atom. The van der Waals surface area contributed by atoms with Crippen molar-refractivity contribution in [3.63, 3.8) is 0 Å². The van der Waals surface area contributed by atoms with Crippen LogP contribution in [0.25, 0.3) is 11.2 Å². The number of imidazole rings is 1. The number of carboxylic acid groups (broad SMARTS) is 1. The molecule has 2 aromatic heterocycles. The van der Waals surface area contributed by atoms with Crippen molar-refractivity contribution in [3.05, 3.63) is 54.7 Å². The minimum atomic E-state index is -0.910. The number of rotatable bonds is 4. The van der Waals surface area contributed by atoms with Gasteiger partial charge in [0.15, 0.2) is 5.65 Å². The molecule has 1 N–H and O–H groups in total. The molecule has 1 unspecified atom stereocenters. The number of carbonyl (C=O) groups is 1. The van der Waals surface area contributed by atoms with Gasteiger partial charge in [-0.2, -0.15) is 0 Å². The van der Waals surface area contributed by atoms with Crippen LogP contribution in [-0.2, 0) is 11.2 Å². The Morgan fingerprint density at radius 3 is 2.80 bits per heavy atom. The summed E-state index contributed by atoms with van der Waals surface area (Å²) in [5, 5.41) is 9.47. The van der Waals surface area contributed by atoms with Gasteiger partial charge in [0.05, 0.1) is 12.5 Å². The maximum Gasteiger partial charge on any atom is 0.327 e. The van der Waals surface area contributed by atoms with Gasteiger partial charge in [-0.3, -0.25) is 0 Å². The van der Waals surface area contributed by atoms with Crippen molar-refractivity contribution < 1.29 is 9.90 Å². The van der Waals surface area contributed by atoms with E-state index in [9.17, 15) is 9.90 Å². The van der Waals surface area contributed by atoms with Crippen molar-refractivity contribution >= 4 is 17.1 Å². The second-order valence-electron chi connectivity index (χ2n) is 4.43. The molecule has 1 atom stereocenters. The average molecular weight is 268 g/mol. The third kappa shape index (κ3) is 2.23. The smallest absolute Gasteiger partial charge is 0.327 e. The summed E-state index contributed by atoms with van der Waals surface area (Å²) in [6.45, 7) is 0. The van der Waals surface area contributed by atoms with E-state index in [1.54, 1.807) is 10.8 Å². The summed E-state index contributed by atoms with van der Waals surface area (Å²) in [5.74, 6) is -0.910. The van der Waals surface area contributed by atoms with Crippen LogP contribution in [0.3, 0.4) is 0 Å². The van der Waals surface area contributed by atoms with Crippen LogP contribution in [0, 0.1) is 0 Å². The molecule has 0 aliphatic rings. The lowest BCUT2D eigenvalue weighted by Crippen LogP contribution is -2.21. The third-order valence-electron chi connectivity index (χ3n) is 3.13. The third-order valence-corrected chi connectivity index (χ3v) is 3.13. The summed E-state index contributed by atoms with van der Waals surface area (Å²) in [6.07, 6.45) is 4.84. The Bertz CT molecular complexity index is 739. The van der Waals surface area contributed by atoms with Crippen LogP contribution >= 0.6 is 0 Å². The highest BCUT2D eigenvalue weighted by Gasteiger charge is 2.22. The first kappa shape index (κ1) is 12.3. The topological polar surface area (TPSA) is 80.9 Å². The van der Waals surface area contributed by atoms with Crippen molar-refractivity contribution in [2.45, 2.75) is 12.5 Å². The molecule has 0 spiro atoms. The Balaban J connectivity index is 2.01. The Morgan fingerprint density at radius 2 is 2.05 bits per heavy atom. The lowest BCUT2D eigenvalue weighted by atomic mass is 10.1. The molecule has 0 fully saturated rings. The number of aliphatic carboxylic acids is 1. The van der Waals surface area contributed by atoms with Gasteiger partial charge in [0.1, 0.15) is 17.9 Å². The second kappa shape index (κ2) is 5.08. The van der Waals surface area contributed by atoms with Gasteiger partial charge >= 0.3 is 5.97 Å². The van der Waals surface area contributed by atoms with E-state index in [2.05, 4.69) is 15.0 Å². The predicted molar refractivity (Wildman–Crippen MR) is 72.1 cm³/mol. The normalized spacial score (nSPS) is 12.4. The van der Waals surface area contributed by atoms with Crippen LogP contribution in [0.5, 0.6) is 0 Å². The summed E-state index contributed by atoms with van der Waals surface area (Å²) in [5.41, 5.74) is 2.07. The minimum absolute atomic E-state index is 0.381. The van der Waals surface area contributed by atoms with Crippen LogP contribution in [0.15, 0.2) is 49.2 Å². The Hall–Kier alpha value is -2.76. The van der Waals surface area contributed by atoms with E-state index in [0.717, 1.165) is 5.56 Å². The average Bonchev–Trinajstić information content (AvgIpc) is 2.89. The maximum absolute atomic E-state index is 11.6. The van der Waals surface area contributed by atoms with E-state index in [-0.39, 0.29) is 0 Å². The summed E-state index contributed by atoms with van der Waals surface area (Å²) < 4.78 is 1.58. The number of hydrogen-bond donors (Lipinski definition) is 1. The first-order chi connectivity index (χ1) is 9.75. The van der Waals surface area contributed by atoms with Crippen molar-refractivity contribution in [3.8, 4) is 0 Å².